The zero-order valence-corrected chi connectivity index (χ0v) is 8.80. The second-order valence-electron chi connectivity index (χ2n) is 2.59. The van der Waals surface area contributed by atoms with Crippen molar-refractivity contribution in [3.05, 3.63) is 12.2 Å². The molecule has 0 aromatic carbocycles. The van der Waals surface area contributed by atoms with Crippen LogP contribution in [0.2, 0.25) is 0 Å². The van der Waals surface area contributed by atoms with Gasteiger partial charge in [0, 0.05) is 12.2 Å². The molecule has 0 aliphatic carbocycles. The maximum absolute atomic E-state index is 10.7. The van der Waals surface area contributed by atoms with E-state index in [2.05, 4.69) is 13.5 Å². The Morgan fingerprint density at radius 1 is 1.46 bits per heavy atom. The minimum Gasteiger partial charge on any atom is -0.462 e. The second kappa shape index (κ2) is 11.2. The van der Waals surface area contributed by atoms with E-state index in [4.69, 9.17) is 9.84 Å². The lowest BCUT2D eigenvalue weighted by Gasteiger charge is -2.01. The summed E-state index contributed by atoms with van der Waals surface area (Å²) in [4.78, 5) is 10.7. The van der Waals surface area contributed by atoms with Gasteiger partial charge in [-0.3, -0.25) is 0 Å². The Hall–Kier alpha value is -0.830. The molecule has 0 aliphatic heterocycles. The van der Waals surface area contributed by atoms with Gasteiger partial charge in [0.05, 0.1) is 6.61 Å². The number of carbonyl (C=O) groups excluding carboxylic acids is 1. The normalized spacial score (nSPS) is 8.31. The van der Waals surface area contributed by atoms with Crippen LogP contribution in [0.5, 0.6) is 0 Å². The minimum absolute atomic E-state index is 0.250. The van der Waals surface area contributed by atoms with Crippen LogP contribution in [-0.4, -0.2) is 24.3 Å². The largest absolute Gasteiger partial charge is 0.462 e. The van der Waals surface area contributed by atoms with Crippen LogP contribution in [-0.2, 0) is 9.53 Å². The first-order valence-electron chi connectivity index (χ1n) is 4.53. The van der Waals surface area contributed by atoms with Crippen molar-refractivity contribution in [1.29, 1.82) is 0 Å². The first-order chi connectivity index (χ1) is 6.09. The summed E-state index contributed by atoms with van der Waals surface area (Å²) >= 11 is 0. The van der Waals surface area contributed by atoms with E-state index in [1.807, 2.05) is 0 Å². The van der Waals surface area contributed by atoms with Crippen molar-refractivity contribution < 1.29 is 14.6 Å². The van der Waals surface area contributed by atoms with Crippen LogP contribution >= 0.6 is 0 Å². The molecule has 0 atom stereocenters. The average Bonchev–Trinajstić information content (AvgIpc) is 2.06. The highest BCUT2D eigenvalue weighted by Gasteiger charge is 2.00. The van der Waals surface area contributed by atoms with E-state index in [-0.39, 0.29) is 12.6 Å². The van der Waals surface area contributed by atoms with Crippen molar-refractivity contribution in [1.82, 2.24) is 0 Å². The molecule has 0 aliphatic rings. The molecular weight excluding hydrogens is 168 g/mol. The monoisotopic (exact) mass is 188 g/mol. The number of rotatable bonds is 4. The summed E-state index contributed by atoms with van der Waals surface area (Å²) in [6.07, 6.45) is 1.97. The van der Waals surface area contributed by atoms with Crippen molar-refractivity contribution in [3.63, 3.8) is 0 Å². The number of aliphatic hydroxyl groups is 1. The Morgan fingerprint density at radius 3 is 2.23 bits per heavy atom. The lowest BCUT2D eigenvalue weighted by molar-refractivity contribution is -0.139. The number of hydrogen-bond acceptors (Lipinski definition) is 3. The standard InChI is InChI=1S/C8H14O2.C2H6O/c1-4-5-6-10-8(9)7(2)3;1-2-3/h2,4-6H2,1,3H3;3H,2H2,1H3. The van der Waals surface area contributed by atoms with Crippen LogP contribution in [0, 0.1) is 0 Å². The molecule has 78 valence electrons. The smallest absolute Gasteiger partial charge is 0.333 e. The molecule has 0 heterocycles. The van der Waals surface area contributed by atoms with Crippen LogP contribution in [0.1, 0.15) is 33.6 Å². The van der Waals surface area contributed by atoms with Gasteiger partial charge in [-0.15, -0.1) is 0 Å². The minimum atomic E-state index is -0.284. The Labute approximate surface area is 80.4 Å². The van der Waals surface area contributed by atoms with Gasteiger partial charge >= 0.3 is 5.97 Å². The van der Waals surface area contributed by atoms with Crippen LogP contribution < -0.4 is 0 Å². The molecule has 3 heteroatoms. The summed E-state index contributed by atoms with van der Waals surface area (Å²) in [5.74, 6) is -0.284. The molecule has 0 fully saturated rings. The lowest BCUT2D eigenvalue weighted by Crippen LogP contribution is -2.05. The number of ether oxygens (including phenoxy) is 1. The van der Waals surface area contributed by atoms with E-state index < -0.39 is 0 Å². The number of esters is 1. The number of hydrogen-bond donors (Lipinski definition) is 1. The molecule has 0 spiro atoms. The molecule has 0 aromatic heterocycles. The van der Waals surface area contributed by atoms with E-state index in [9.17, 15) is 4.79 Å². The first kappa shape index (κ1) is 14.7. The quantitative estimate of drug-likeness (QED) is 0.416. The van der Waals surface area contributed by atoms with Gasteiger partial charge in [0.25, 0.3) is 0 Å². The van der Waals surface area contributed by atoms with E-state index in [1.165, 1.54) is 0 Å². The fraction of sp³-hybridized carbons (Fsp3) is 0.700. The summed E-state index contributed by atoms with van der Waals surface area (Å²) in [7, 11) is 0. The summed E-state index contributed by atoms with van der Waals surface area (Å²) in [5, 5.41) is 7.57. The van der Waals surface area contributed by atoms with Gasteiger partial charge in [-0.1, -0.05) is 19.9 Å². The zero-order chi connectivity index (χ0) is 10.7. The maximum atomic E-state index is 10.7. The van der Waals surface area contributed by atoms with Crippen molar-refractivity contribution in [2.75, 3.05) is 13.2 Å². The lowest BCUT2D eigenvalue weighted by atomic mass is 10.3. The van der Waals surface area contributed by atoms with Gasteiger partial charge in [-0.2, -0.15) is 0 Å². The fourth-order valence-electron chi connectivity index (χ4n) is 0.432. The summed E-state index contributed by atoms with van der Waals surface area (Å²) in [5.41, 5.74) is 0.469. The van der Waals surface area contributed by atoms with E-state index in [0.717, 1.165) is 12.8 Å². The molecule has 0 saturated heterocycles. The molecule has 0 bridgehead atoms. The third kappa shape index (κ3) is 14.1. The molecule has 0 unspecified atom stereocenters. The molecule has 0 rings (SSSR count). The van der Waals surface area contributed by atoms with E-state index in [1.54, 1.807) is 13.8 Å². The number of unbranched alkanes of at least 4 members (excludes halogenated alkanes) is 1. The van der Waals surface area contributed by atoms with Gasteiger partial charge in [0.2, 0.25) is 0 Å². The molecule has 13 heavy (non-hydrogen) atoms. The molecule has 0 saturated carbocycles. The van der Waals surface area contributed by atoms with Crippen LogP contribution in [0.15, 0.2) is 12.2 Å². The predicted octanol–water partition coefficient (Wildman–Crippen LogP) is 1.90. The second-order valence-corrected chi connectivity index (χ2v) is 2.59. The molecule has 0 radical (unpaired) electrons. The third-order valence-electron chi connectivity index (χ3n) is 1.08. The van der Waals surface area contributed by atoms with E-state index in [0.29, 0.717) is 12.2 Å². The van der Waals surface area contributed by atoms with Crippen LogP contribution in [0.4, 0.5) is 0 Å². The predicted molar refractivity (Wildman–Crippen MR) is 53.4 cm³/mol. The fourth-order valence-corrected chi connectivity index (χ4v) is 0.432. The van der Waals surface area contributed by atoms with Crippen molar-refractivity contribution in [3.8, 4) is 0 Å². The van der Waals surface area contributed by atoms with Crippen molar-refractivity contribution in [2.45, 2.75) is 33.6 Å². The van der Waals surface area contributed by atoms with Crippen LogP contribution in [0.25, 0.3) is 0 Å². The van der Waals surface area contributed by atoms with Gasteiger partial charge in [-0.05, 0) is 20.3 Å². The summed E-state index contributed by atoms with van der Waals surface area (Å²) in [6, 6.07) is 0. The Morgan fingerprint density at radius 2 is 1.92 bits per heavy atom. The van der Waals surface area contributed by atoms with Gasteiger partial charge in [0.1, 0.15) is 0 Å². The van der Waals surface area contributed by atoms with Crippen molar-refractivity contribution >= 4 is 5.97 Å². The Kier molecular flexibility index (Phi) is 12.6. The molecule has 1 N–H and O–H groups in total. The summed E-state index contributed by atoms with van der Waals surface area (Å²) in [6.45, 7) is 9.60. The first-order valence-corrected chi connectivity index (χ1v) is 4.53. The maximum Gasteiger partial charge on any atom is 0.333 e. The van der Waals surface area contributed by atoms with Gasteiger partial charge < -0.3 is 9.84 Å². The highest BCUT2D eigenvalue weighted by atomic mass is 16.5. The van der Waals surface area contributed by atoms with Crippen LogP contribution in [0.3, 0.4) is 0 Å². The van der Waals surface area contributed by atoms with E-state index >= 15 is 0 Å². The molecular formula is C10H20O3. The topological polar surface area (TPSA) is 46.5 Å². The van der Waals surface area contributed by atoms with Gasteiger partial charge in [-0.25, -0.2) is 4.79 Å². The zero-order valence-electron chi connectivity index (χ0n) is 8.80. The average molecular weight is 188 g/mol. The highest BCUT2D eigenvalue weighted by Crippen LogP contribution is 1.94. The summed E-state index contributed by atoms with van der Waals surface area (Å²) < 4.78 is 4.81. The van der Waals surface area contributed by atoms with Gasteiger partial charge in [0.15, 0.2) is 0 Å². The Balaban J connectivity index is 0. The molecule has 0 aromatic rings. The third-order valence-corrected chi connectivity index (χ3v) is 1.08. The highest BCUT2D eigenvalue weighted by molar-refractivity contribution is 5.86. The molecule has 3 nitrogen and oxygen atoms in total. The number of aliphatic hydroxyl groups excluding tert-OH is 1. The molecule has 0 amide bonds. The van der Waals surface area contributed by atoms with Crippen molar-refractivity contribution in [2.24, 2.45) is 0 Å². The Bertz CT molecular complexity index is 141. The number of carbonyl (C=O) groups is 1. The SMILES string of the molecule is C=C(C)C(=O)OCCCC.CCO.